The molecule has 12 nitrogen and oxygen atoms in total. The predicted octanol–water partition coefficient (Wildman–Crippen LogP) is 5.44. The minimum atomic E-state index is -2.04. The number of nitrogens with one attached hydrogen (secondary N) is 1. The fourth-order valence-electron chi connectivity index (χ4n) is 5.09. The summed E-state index contributed by atoms with van der Waals surface area (Å²) in [6.07, 6.45) is 5.55. The number of anilines is 2. The Morgan fingerprint density at radius 2 is 1.80 bits per heavy atom. The molecule has 1 aliphatic rings. The van der Waals surface area contributed by atoms with Gasteiger partial charge in [0.25, 0.3) is 11.5 Å². The highest BCUT2D eigenvalue weighted by molar-refractivity contribution is 6.29. The Labute approximate surface area is 256 Å². The van der Waals surface area contributed by atoms with Crippen molar-refractivity contribution >= 4 is 45.6 Å². The van der Waals surface area contributed by atoms with E-state index in [1.807, 2.05) is 25.1 Å². The van der Waals surface area contributed by atoms with E-state index in [-0.39, 0.29) is 6.10 Å². The van der Waals surface area contributed by atoms with E-state index in [1.54, 1.807) is 43.1 Å². The molecule has 2 aromatic carbocycles. The second-order valence-electron chi connectivity index (χ2n) is 10.2. The van der Waals surface area contributed by atoms with Crippen LogP contribution in [-0.2, 0) is 4.79 Å². The molecule has 44 heavy (non-hydrogen) atoms. The maximum Gasteiger partial charge on any atom is 0.272 e. The number of piperidine rings is 1. The number of halogens is 2. The summed E-state index contributed by atoms with van der Waals surface area (Å²) in [6.45, 7) is 2.62. The van der Waals surface area contributed by atoms with E-state index in [9.17, 15) is 9.18 Å². The zero-order valence-electron chi connectivity index (χ0n) is 24.2. The van der Waals surface area contributed by atoms with Crippen molar-refractivity contribution in [3.63, 3.8) is 0 Å². The highest BCUT2D eigenvalue weighted by Gasteiger charge is 2.28. The third-order valence-corrected chi connectivity index (χ3v) is 7.57. The fourth-order valence-corrected chi connectivity index (χ4v) is 5.23. The van der Waals surface area contributed by atoms with Gasteiger partial charge >= 0.3 is 0 Å². The van der Waals surface area contributed by atoms with E-state index in [2.05, 4.69) is 25.4 Å². The normalized spacial score (nSPS) is 14.4. The van der Waals surface area contributed by atoms with Crippen LogP contribution in [0.3, 0.4) is 0 Å². The number of hydrogen-bond donors (Lipinski definition) is 1. The maximum absolute atomic E-state index is 13.3. The number of hydrogen-bond acceptors (Lipinski definition) is 10. The third-order valence-electron chi connectivity index (χ3n) is 7.38. The lowest BCUT2D eigenvalue weighted by molar-refractivity contribution is -0.135. The van der Waals surface area contributed by atoms with Gasteiger partial charge in [0.2, 0.25) is 0 Å². The van der Waals surface area contributed by atoms with Crippen molar-refractivity contribution in [3.05, 3.63) is 60.8 Å². The van der Waals surface area contributed by atoms with Crippen molar-refractivity contribution in [2.24, 2.45) is 0 Å². The molecule has 1 N–H and O–H groups in total. The Morgan fingerprint density at radius 1 is 1.00 bits per heavy atom. The van der Waals surface area contributed by atoms with Crippen molar-refractivity contribution in [1.29, 1.82) is 0 Å². The molecule has 0 aliphatic carbocycles. The molecule has 1 atom stereocenters. The van der Waals surface area contributed by atoms with E-state index in [4.69, 9.17) is 30.5 Å². The minimum Gasteiger partial charge on any atom is -0.494 e. The summed E-state index contributed by atoms with van der Waals surface area (Å²) in [4.78, 5) is 26.4. The topological polar surface area (TPSA) is 125 Å². The summed E-state index contributed by atoms with van der Waals surface area (Å²) in [5, 5.41) is 8.18. The first kappa shape index (κ1) is 29.2. The van der Waals surface area contributed by atoms with E-state index in [0.717, 1.165) is 5.56 Å². The number of fused-ring (bicyclic) bond motifs is 2. The van der Waals surface area contributed by atoms with Crippen LogP contribution in [0.15, 0.2) is 55.2 Å². The Kier molecular flexibility index (Phi) is 8.20. The van der Waals surface area contributed by atoms with E-state index in [1.165, 1.54) is 17.6 Å². The molecule has 1 fully saturated rings. The van der Waals surface area contributed by atoms with Crippen LogP contribution in [0.2, 0.25) is 0 Å². The van der Waals surface area contributed by atoms with Gasteiger partial charge in [-0.1, -0.05) is 11.6 Å². The lowest BCUT2D eigenvalue weighted by Crippen LogP contribution is -2.44. The van der Waals surface area contributed by atoms with Gasteiger partial charge in [0.05, 0.1) is 25.4 Å². The Bertz CT molecular complexity index is 1830. The average molecular weight is 622 g/mol. The smallest absolute Gasteiger partial charge is 0.272 e. The largest absolute Gasteiger partial charge is 0.494 e. The number of aromatic nitrogens is 5. The van der Waals surface area contributed by atoms with Gasteiger partial charge in [-0.2, -0.15) is 5.10 Å². The van der Waals surface area contributed by atoms with Gasteiger partial charge in [0.15, 0.2) is 17.1 Å². The molecule has 0 radical (unpaired) electrons. The van der Waals surface area contributed by atoms with E-state index in [0.29, 0.717) is 82.7 Å². The summed E-state index contributed by atoms with van der Waals surface area (Å²) < 4.78 is 38.7. The van der Waals surface area contributed by atoms with Crippen LogP contribution in [0.1, 0.15) is 18.4 Å². The van der Waals surface area contributed by atoms with Crippen molar-refractivity contribution < 1.29 is 28.1 Å². The molecule has 5 aromatic rings. The van der Waals surface area contributed by atoms with Crippen molar-refractivity contribution in [3.8, 4) is 28.7 Å². The summed E-state index contributed by atoms with van der Waals surface area (Å²) in [5.41, 5.74) is 0.800. The number of pyridine rings is 1. The van der Waals surface area contributed by atoms with Gasteiger partial charge in [-0.25, -0.2) is 23.9 Å². The number of carbonyl (C=O) groups is 1. The SMILES string of the molecule is COc1cc(Oc2ccn3ncnc3c2)c(C)cc1Nc1ncnc2cc(OC)c(OC3CCN(C(=O)C(F)Cl)CC3)cc12. The monoisotopic (exact) mass is 621 g/mol. The molecule has 6 rings (SSSR count). The van der Waals surface area contributed by atoms with Crippen LogP contribution in [0, 0.1) is 6.92 Å². The molecule has 3 aromatic heterocycles. The minimum absolute atomic E-state index is 0.208. The Balaban J connectivity index is 1.25. The van der Waals surface area contributed by atoms with Crippen LogP contribution in [0.25, 0.3) is 16.6 Å². The number of amides is 1. The number of alkyl halides is 2. The Hall–Kier alpha value is -4.91. The number of methoxy groups -OCH3 is 2. The lowest BCUT2D eigenvalue weighted by Gasteiger charge is -2.32. The summed E-state index contributed by atoms with van der Waals surface area (Å²) in [7, 11) is 3.13. The van der Waals surface area contributed by atoms with Crippen LogP contribution in [0.5, 0.6) is 28.7 Å². The van der Waals surface area contributed by atoms with Gasteiger partial charge in [0, 0.05) is 55.7 Å². The molecule has 14 heteroatoms. The van der Waals surface area contributed by atoms with Gasteiger partial charge in [-0.05, 0) is 30.7 Å². The quantitative estimate of drug-likeness (QED) is 0.213. The number of likely N-dealkylation sites (tertiary alicyclic amines) is 1. The van der Waals surface area contributed by atoms with Gasteiger partial charge < -0.3 is 29.2 Å². The van der Waals surface area contributed by atoms with Crippen LogP contribution < -0.4 is 24.3 Å². The first-order valence-corrected chi connectivity index (χ1v) is 14.3. The first-order valence-electron chi connectivity index (χ1n) is 13.8. The highest BCUT2D eigenvalue weighted by atomic mass is 35.5. The van der Waals surface area contributed by atoms with Gasteiger partial charge in [-0.15, -0.1) is 0 Å². The molecule has 1 unspecified atom stereocenters. The molecular formula is C30H29ClFN7O5. The number of benzene rings is 2. The zero-order chi connectivity index (χ0) is 30.8. The van der Waals surface area contributed by atoms with Crippen molar-refractivity contribution in [2.75, 3.05) is 32.6 Å². The second-order valence-corrected chi connectivity index (χ2v) is 10.5. The van der Waals surface area contributed by atoms with Gasteiger partial charge in [-0.3, -0.25) is 4.79 Å². The summed E-state index contributed by atoms with van der Waals surface area (Å²) >= 11 is 5.34. The molecule has 228 valence electrons. The fraction of sp³-hybridized carbons (Fsp3) is 0.300. The zero-order valence-corrected chi connectivity index (χ0v) is 24.9. The van der Waals surface area contributed by atoms with Crippen molar-refractivity contribution in [1.82, 2.24) is 29.5 Å². The van der Waals surface area contributed by atoms with Crippen LogP contribution in [0.4, 0.5) is 15.9 Å². The number of nitrogens with zero attached hydrogens (tertiary/aromatic N) is 6. The molecule has 0 saturated carbocycles. The molecule has 0 spiro atoms. The molecule has 0 bridgehead atoms. The molecule has 1 aliphatic heterocycles. The third kappa shape index (κ3) is 5.95. The second kappa shape index (κ2) is 12.4. The van der Waals surface area contributed by atoms with E-state index >= 15 is 0 Å². The molecule has 1 amide bonds. The number of rotatable bonds is 9. The number of ether oxygens (including phenoxy) is 4. The summed E-state index contributed by atoms with van der Waals surface area (Å²) in [5.74, 6) is 2.58. The average Bonchev–Trinajstić information content (AvgIpc) is 3.50. The molecular weight excluding hydrogens is 593 g/mol. The van der Waals surface area contributed by atoms with Crippen LogP contribution >= 0.6 is 11.6 Å². The standard InChI is InChI=1S/C30H29ClFN7O5/c1-17-10-22(24(41-2)14-23(17)44-19-6-9-39-27(11-19)34-16-36-39)37-29-20-12-26(25(42-3)13-21(20)33-15-35-29)43-18-4-7-38(8-5-18)30(40)28(31)32/h6,9-16,18,28H,4-5,7-8H2,1-3H3,(H,33,35,37). The summed E-state index contributed by atoms with van der Waals surface area (Å²) in [6, 6.07) is 10.9. The first-order chi connectivity index (χ1) is 21.3. The molecule has 4 heterocycles. The van der Waals surface area contributed by atoms with E-state index < -0.39 is 11.5 Å². The molecule has 1 saturated heterocycles. The predicted molar refractivity (Wildman–Crippen MR) is 161 cm³/mol. The number of aryl methyl sites for hydroxylation is 1. The highest BCUT2D eigenvalue weighted by Crippen LogP contribution is 2.40. The lowest BCUT2D eigenvalue weighted by atomic mass is 10.1. The maximum atomic E-state index is 13.3. The van der Waals surface area contributed by atoms with Gasteiger partial charge in [0.1, 0.15) is 41.8 Å². The van der Waals surface area contributed by atoms with Crippen molar-refractivity contribution in [2.45, 2.75) is 31.5 Å². The van der Waals surface area contributed by atoms with Crippen LogP contribution in [-0.4, -0.2) is 74.4 Å². The Morgan fingerprint density at radius 3 is 2.55 bits per heavy atom. The number of carbonyl (C=O) groups excluding carboxylic acids is 1.